The lowest BCUT2D eigenvalue weighted by molar-refractivity contribution is -0.164. The largest absolute Gasteiger partial charge is 0.508 e. The number of nitrogens with zero attached hydrogens (tertiary/aromatic N) is 1. The number of unbranched alkanes of at least 4 members (excludes halogenated alkanes) is 17. The Labute approximate surface area is 339 Å². The van der Waals surface area contributed by atoms with Gasteiger partial charge in [-0.05, 0) is 46.2 Å². The summed E-state index contributed by atoms with van der Waals surface area (Å²) >= 11 is 0. The van der Waals surface area contributed by atoms with Crippen LogP contribution < -0.4 is 0 Å². The van der Waals surface area contributed by atoms with Crippen LogP contribution in [0.5, 0.6) is 0 Å². The first kappa shape index (κ1) is 53.1. The zero-order valence-electron chi connectivity index (χ0n) is 36.1. The molecule has 0 aliphatic rings. The van der Waals surface area contributed by atoms with E-state index in [9.17, 15) is 29.1 Å². The highest BCUT2D eigenvalue weighted by Gasteiger charge is 2.33. The van der Waals surface area contributed by atoms with Gasteiger partial charge in [-0.3, -0.25) is 19.2 Å². The Kier molecular flexibility index (Phi) is 35.7. The predicted molar refractivity (Wildman–Crippen MR) is 219 cm³/mol. The van der Waals surface area contributed by atoms with Gasteiger partial charge in [0.1, 0.15) is 25.4 Å². The van der Waals surface area contributed by atoms with Crippen LogP contribution in [0.3, 0.4) is 0 Å². The van der Waals surface area contributed by atoms with Crippen molar-refractivity contribution >= 4 is 30.0 Å². The van der Waals surface area contributed by atoms with Crippen molar-refractivity contribution in [3.63, 3.8) is 0 Å². The maximum Gasteiger partial charge on any atom is 0.508 e. The zero-order chi connectivity index (χ0) is 41.7. The van der Waals surface area contributed by atoms with E-state index in [0.29, 0.717) is 25.7 Å². The molecule has 0 aliphatic heterocycles. The summed E-state index contributed by atoms with van der Waals surface area (Å²) in [5, 5.41) is 9.22. The number of esters is 3. The van der Waals surface area contributed by atoms with Crippen molar-refractivity contribution in [2.24, 2.45) is 5.92 Å². The van der Waals surface area contributed by atoms with Crippen molar-refractivity contribution in [1.29, 1.82) is 0 Å². The summed E-state index contributed by atoms with van der Waals surface area (Å²) in [6, 6.07) is 0. The van der Waals surface area contributed by atoms with Crippen LogP contribution in [0.15, 0.2) is 0 Å². The summed E-state index contributed by atoms with van der Waals surface area (Å²) in [6.45, 7) is 7.01. The lowest BCUT2D eigenvalue weighted by atomic mass is 9.95. The van der Waals surface area contributed by atoms with Gasteiger partial charge >= 0.3 is 30.0 Å². The lowest BCUT2D eigenvalue weighted by Gasteiger charge is -2.30. The van der Waals surface area contributed by atoms with E-state index in [2.05, 4.69) is 20.8 Å². The van der Waals surface area contributed by atoms with Crippen LogP contribution in [0.4, 0.5) is 4.79 Å². The minimum absolute atomic E-state index is 0.0385. The highest BCUT2D eigenvalue weighted by Crippen LogP contribution is 2.24. The summed E-state index contributed by atoms with van der Waals surface area (Å²) in [5.74, 6) is -3.47. The van der Waals surface area contributed by atoms with Crippen molar-refractivity contribution in [1.82, 2.24) is 4.90 Å². The fourth-order valence-electron chi connectivity index (χ4n) is 6.38. The number of hydrogen-bond acceptors (Lipinski definition) is 11. The molecule has 0 aliphatic carbocycles. The highest BCUT2D eigenvalue weighted by molar-refractivity contribution is 5.76. The standard InChI is InChI=1S/C44H81NO11/c1-6-9-12-15-16-17-18-19-22-23-27-38(55-44(51)52-33-26-32-45(4)5)34-39(56-43(50)31-30-40(46)47)37(35-53-41(48)28-24-20-13-10-7-2)36-54-42(49)29-25-21-14-11-8-3/h37-39H,6-36H2,1-5H3,(H,46,47). The van der Waals surface area contributed by atoms with Crippen molar-refractivity contribution < 1.29 is 52.8 Å². The smallest absolute Gasteiger partial charge is 0.481 e. The molecule has 0 spiro atoms. The van der Waals surface area contributed by atoms with Gasteiger partial charge in [0, 0.05) is 25.8 Å². The molecule has 0 fully saturated rings. The predicted octanol–water partition coefficient (Wildman–Crippen LogP) is 10.4. The molecule has 0 aromatic rings. The zero-order valence-corrected chi connectivity index (χ0v) is 36.1. The Morgan fingerprint density at radius 1 is 0.518 bits per heavy atom. The molecular weight excluding hydrogens is 718 g/mol. The SMILES string of the molecule is CCCCCCCCCCCCC(CC(OC(=O)CCC(=O)O)C(COC(=O)CCCCCCC)COC(=O)CCCCCCC)OC(=O)OCCCN(C)C. The number of ether oxygens (including phenoxy) is 5. The van der Waals surface area contributed by atoms with E-state index in [1.807, 2.05) is 19.0 Å². The molecular formula is C44H81NO11. The minimum Gasteiger partial charge on any atom is -0.481 e. The van der Waals surface area contributed by atoms with Gasteiger partial charge in [-0.2, -0.15) is 0 Å². The van der Waals surface area contributed by atoms with E-state index in [-0.39, 0.29) is 45.5 Å². The molecule has 0 aromatic carbocycles. The second-order valence-corrected chi connectivity index (χ2v) is 15.6. The molecule has 0 rings (SSSR count). The van der Waals surface area contributed by atoms with Crippen molar-refractivity contribution in [3.05, 3.63) is 0 Å². The van der Waals surface area contributed by atoms with Gasteiger partial charge in [0.2, 0.25) is 0 Å². The van der Waals surface area contributed by atoms with E-state index in [0.717, 1.165) is 83.6 Å². The first-order chi connectivity index (χ1) is 27.0. The van der Waals surface area contributed by atoms with E-state index in [1.54, 1.807) is 0 Å². The highest BCUT2D eigenvalue weighted by atomic mass is 16.7. The van der Waals surface area contributed by atoms with Gasteiger partial charge in [0.05, 0.1) is 25.4 Å². The second kappa shape index (κ2) is 37.7. The fourth-order valence-corrected chi connectivity index (χ4v) is 6.38. The van der Waals surface area contributed by atoms with Crippen LogP contribution in [0.25, 0.3) is 0 Å². The third-order valence-corrected chi connectivity index (χ3v) is 9.84. The maximum absolute atomic E-state index is 13.0. The van der Waals surface area contributed by atoms with Gasteiger partial charge in [-0.15, -0.1) is 0 Å². The third kappa shape index (κ3) is 34.4. The van der Waals surface area contributed by atoms with Gasteiger partial charge in [-0.1, -0.05) is 130 Å². The lowest BCUT2D eigenvalue weighted by Crippen LogP contribution is -2.38. The molecule has 0 saturated heterocycles. The van der Waals surface area contributed by atoms with Crippen LogP contribution in [0, 0.1) is 5.92 Å². The van der Waals surface area contributed by atoms with Crippen LogP contribution in [0.1, 0.15) is 194 Å². The fraction of sp³-hybridized carbons (Fsp3) is 0.886. The molecule has 0 aromatic heterocycles. The van der Waals surface area contributed by atoms with Crippen LogP contribution in [0.2, 0.25) is 0 Å². The molecule has 0 amide bonds. The molecule has 0 saturated carbocycles. The van der Waals surface area contributed by atoms with Crippen molar-refractivity contribution in [3.8, 4) is 0 Å². The Bertz CT molecular complexity index is 975. The maximum atomic E-state index is 13.0. The van der Waals surface area contributed by atoms with Crippen LogP contribution >= 0.6 is 0 Å². The van der Waals surface area contributed by atoms with E-state index in [4.69, 9.17) is 23.7 Å². The minimum atomic E-state index is -1.14. The Hall–Kier alpha value is -2.89. The molecule has 2 atom stereocenters. The Balaban J connectivity index is 6.01. The molecule has 12 nitrogen and oxygen atoms in total. The molecule has 1 N–H and O–H groups in total. The quantitative estimate of drug-likeness (QED) is 0.0357. The molecule has 0 radical (unpaired) electrons. The normalized spacial score (nSPS) is 12.3. The second-order valence-electron chi connectivity index (χ2n) is 15.6. The monoisotopic (exact) mass is 800 g/mol. The van der Waals surface area contributed by atoms with Crippen LogP contribution in [-0.4, -0.2) is 92.7 Å². The summed E-state index contributed by atoms with van der Waals surface area (Å²) in [6.07, 6.45) is 19.3. The number of hydrogen-bond donors (Lipinski definition) is 1. The first-order valence-electron chi connectivity index (χ1n) is 22.2. The van der Waals surface area contributed by atoms with Crippen LogP contribution in [-0.2, 0) is 42.9 Å². The van der Waals surface area contributed by atoms with E-state index in [1.165, 1.54) is 38.5 Å². The number of carboxylic acid groups (broad SMARTS) is 1. The summed E-state index contributed by atoms with van der Waals surface area (Å²) in [7, 11) is 3.87. The third-order valence-electron chi connectivity index (χ3n) is 9.84. The molecule has 0 bridgehead atoms. The summed E-state index contributed by atoms with van der Waals surface area (Å²) < 4.78 is 28.5. The average molecular weight is 800 g/mol. The van der Waals surface area contributed by atoms with Crippen molar-refractivity contribution in [2.45, 2.75) is 206 Å². The number of rotatable bonds is 39. The topological polar surface area (TPSA) is 155 Å². The number of carbonyl (C=O) groups is 5. The molecule has 12 heteroatoms. The van der Waals surface area contributed by atoms with Gasteiger partial charge in [-0.25, -0.2) is 4.79 Å². The number of carbonyl (C=O) groups excluding carboxylic acids is 4. The average Bonchev–Trinajstić information content (AvgIpc) is 3.15. The Morgan fingerprint density at radius 3 is 1.45 bits per heavy atom. The van der Waals surface area contributed by atoms with E-state index >= 15 is 0 Å². The van der Waals surface area contributed by atoms with Gasteiger partial charge < -0.3 is 33.7 Å². The molecule has 2 unspecified atom stereocenters. The molecule has 328 valence electrons. The first-order valence-corrected chi connectivity index (χ1v) is 22.2. The number of aliphatic carboxylic acids is 1. The number of carboxylic acids is 1. The van der Waals surface area contributed by atoms with Gasteiger partial charge in [0.25, 0.3) is 0 Å². The summed E-state index contributed by atoms with van der Waals surface area (Å²) in [5.41, 5.74) is 0. The Morgan fingerprint density at radius 2 is 0.982 bits per heavy atom. The summed E-state index contributed by atoms with van der Waals surface area (Å²) in [4.78, 5) is 64.9. The van der Waals surface area contributed by atoms with Crippen molar-refractivity contribution in [2.75, 3.05) is 40.5 Å². The van der Waals surface area contributed by atoms with Gasteiger partial charge in [0.15, 0.2) is 0 Å². The van der Waals surface area contributed by atoms with E-state index < -0.39 is 54.6 Å². The molecule has 56 heavy (non-hydrogen) atoms. The molecule has 0 heterocycles.